The molecule has 1 heterocycles. The van der Waals surface area contributed by atoms with Gasteiger partial charge < -0.3 is 0 Å². The highest BCUT2D eigenvalue weighted by Crippen LogP contribution is 2.29. The first-order chi connectivity index (χ1) is 11.1. The smallest absolute Gasteiger partial charge is 0.253 e. The standard InChI is InChI=1S/C19H16ClNO2/c20-17-9-7-15(8-10-17)16-12-19(23)21(13-16)18(22)11-6-14-4-2-1-3-5-14/h1-11,16H,12-13H2/b11-6+. The highest BCUT2D eigenvalue weighted by molar-refractivity contribution is 6.30. The fourth-order valence-corrected chi connectivity index (χ4v) is 2.83. The number of likely N-dealkylation sites (tertiary alicyclic amines) is 1. The molecule has 116 valence electrons. The third-order valence-electron chi connectivity index (χ3n) is 3.95. The Hall–Kier alpha value is -2.39. The molecule has 0 N–H and O–H groups in total. The Morgan fingerprint density at radius 3 is 2.48 bits per heavy atom. The summed E-state index contributed by atoms with van der Waals surface area (Å²) >= 11 is 5.89. The molecule has 0 radical (unpaired) electrons. The predicted molar refractivity (Wildman–Crippen MR) is 91.0 cm³/mol. The molecule has 2 aromatic carbocycles. The highest BCUT2D eigenvalue weighted by Gasteiger charge is 2.33. The summed E-state index contributed by atoms with van der Waals surface area (Å²) in [5.74, 6) is -0.364. The van der Waals surface area contributed by atoms with Crippen molar-refractivity contribution >= 4 is 29.5 Å². The number of imide groups is 1. The van der Waals surface area contributed by atoms with Crippen LogP contribution < -0.4 is 0 Å². The summed E-state index contributed by atoms with van der Waals surface area (Å²) in [6.45, 7) is 0.415. The lowest BCUT2D eigenvalue weighted by Crippen LogP contribution is -2.30. The lowest BCUT2D eigenvalue weighted by atomic mass is 9.98. The van der Waals surface area contributed by atoms with E-state index in [1.165, 1.54) is 11.0 Å². The maximum absolute atomic E-state index is 12.3. The lowest BCUT2D eigenvalue weighted by Gasteiger charge is -2.13. The van der Waals surface area contributed by atoms with E-state index in [4.69, 9.17) is 11.6 Å². The van der Waals surface area contributed by atoms with Crippen molar-refractivity contribution < 1.29 is 9.59 Å². The Balaban J connectivity index is 1.69. The van der Waals surface area contributed by atoms with Crippen LogP contribution in [0, 0.1) is 0 Å². The van der Waals surface area contributed by atoms with E-state index in [-0.39, 0.29) is 17.7 Å². The Morgan fingerprint density at radius 1 is 1.09 bits per heavy atom. The zero-order valence-corrected chi connectivity index (χ0v) is 13.2. The molecule has 0 saturated carbocycles. The minimum absolute atomic E-state index is 0.0360. The van der Waals surface area contributed by atoms with Gasteiger partial charge in [0.2, 0.25) is 5.91 Å². The van der Waals surface area contributed by atoms with E-state index in [0.717, 1.165) is 11.1 Å². The van der Waals surface area contributed by atoms with Gasteiger partial charge in [0, 0.05) is 30.0 Å². The number of carbonyl (C=O) groups excluding carboxylic acids is 2. The summed E-state index contributed by atoms with van der Waals surface area (Å²) < 4.78 is 0. The van der Waals surface area contributed by atoms with Crippen LogP contribution in [0.4, 0.5) is 0 Å². The van der Waals surface area contributed by atoms with Crippen LogP contribution in [0.5, 0.6) is 0 Å². The van der Waals surface area contributed by atoms with Crippen molar-refractivity contribution in [2.45, 2.75) is 12.3 Å². The van der Waals surface area contributed by atoms with Gasteiger partial charge in [-0.15, -0.1) is 0 Å². The molecule has 3 rings (SSSR count). The van der Waals surface area contributed by atoms with Gasteiger partial charge in [-0.1, -0.05) is 54.1 Å². The van der Waals surface area contributed by atoms with Crippen molar-refractivity contribution in [3.63, 3.8) is 0 Å². The quantitative estimate of drug-likeness (QED) is 0.803. The minimum Gasteiger partial charge on any atom is -0.278 e. The second kappa shape index (κ2) is 6.80. The van der Waals surface area contributed by atoms with Crippen LogP contribution in [0.2, 0.25) is 5.02 Å². The summed E-state index contributed by atoms with van der Waals surface area (Å²) in [6, 6.07) is 17.0. The van der Waals surface area contributed by atoms with Crippen molar-refractivity contribution in [3.05, 3.63) is 76.8 Å². The molecule has 0 spiro atoms. The first-order valence-corrected chi connectivity index (χ1v) is 7.84. The maximum atomic E-state index is 12.3. The lowest BCUT2D eigenvalue weighted by molar-refractivity contribution is -0.138. The molecule has 1 unspecified atom stereocenters. The average molecular weight is 326 g/mol. The van der Waals surface area contributed by atoms with Crippen LogP contribution in [0.25, 0.3) is 6.08 Å². The number of rotatable bonds is 3. The molecule has 2 aromatic rings. The molecule has 1 fully saturated rings. The van der Waals surface area contributed by atoms with E-state index < -0.39 is 0 Å². The van der Waals surface area contributed by atoms with Gasteiger partial charge in [0.05, 0.1) is 0 Å². The van der Waals surface area contributed by atoms with Crippen LogP contribution in [-0.4, -0.2) is 23.3 Å². The third-order valence-corrected chi connectivity index (χ3v) is 4.20. The molecule has 1 saturated heterocycles. The minimum atomic E-state index is -0.268. The Labute approximate surface area is 140 Å². The summed E-state index contributed by atoms with van der Waals surface area (Å²) in [4.78, 5) is 25.7. The van der Waals surface area contributed by atoms with E-state index in [1.807, 2.05) is 42.5 Å². The van der Waals surface area contributed by atoms with Crippen molar-refractivity contribution in [1.29, 1.82) is 0 Å². The van der Waals surface area contributed by atoms with Crippen LogP contribution in [0.3, 0.4) is 0 Å². The first-order valence-electron chi connectivity index (χ1n) is 7.46. The van der Waals surface area contributed by atoms with Gasteiger partial charge in [0.1, 0.15) is 0 Å². The van der Waals surface area contributed by atoms with Gasteiger partial charge in [-0.05, 0) is 29.3 Å². The number of carbonyl (C=O) groups is 2. The van der Waals surface area contributed by atoms with Gasteiger partial charge >= 0.3 is 0 Å². The topological polar surface area (TPSA) is 37.4 Å². The number of amides is 2. The summed E-state index contributed by atoms with van der Waals surface area (Å²) in [6.07, 6.45) is 3.54. The second-order valence-corrected chi connectivity index (χ2v) is 5.98. The molecule has 1 atom stereocenters. The number of halogens is 1. The molecule has 0 aromatic heterocycles. The van der Waals surface area contributed by atoms with Crippen LogP contribution in [0.15, 0.2) is 60.7 Å². The fraction of sp³-hybridized carbons (Fsp3) is 0.158. The molecule has 0 aliphatic carbocycles. The number of hydrogen-bond acceptors (Lipinski definition) is 2. The number of hydrogen-bond donors (Lipinski definition) is 0. The largest absolute Gasteiger partial charge is 0.278 e. The Kier molecular flexibility index (Phi) is 4.58. The highest BCUT2D eigenvalue weighted by atomic mass is 35.5. The SMILES string of the molecule is O=C(/C=C/c1ccccc1)N1CC(c2ccc(Cl)cc2)CC1=O. The molecule has 1 aliphatic rings. The summed E-state index contributed by atoms with van der Waals surface area (Å²) in [5.41, 5.74) is 1.96. The van der Waals surface area contributed by atoms with Gasteiger partial charge in [0.15, 0.2) is 0 Å². The number of nitrogens with zero attached hydrogens (tertiary/aromatic N) is 1. The second-order valence-electron chi connectivity index (χ2n) is 5.54. The molecule has 3 nitrogen and oxygen atoms in total. The monoisotopic (exact) mass is 325 g/mol. The van der Waals surface area contributed by atoms with E-state index in [2.05, 4.69) is 0 Å². The van der Waals surface area contributed by atoms with E-state index in [9.17, 15) is 9.59 Å². The van der Waals surface area contributed by atoms with Gasteiger partial charge in [-0.2, -0.15) is 0 Å². The van der Waals surface area contributed by atoms with Crippen LogP contribution in [-0.2, 0) is 9.59 Å². The van der Waals surface area contributed by atoms with Gasteiger partial charge in [-0.25, -0.2) is 0 Å². The average Bonchev–Trinajstić information content (AvgIpc) is 2.96. The van der Waals surface area contributed by atoms with E-state index in [1.54, 1.807) is 18.2 Å². The fourth-order valence-electron chi connectivity index (χ4n) is 2.70. The van der Waals surface area contributed by atoms with Crippen molar-refractivity contribution in [2.75, 3.05) is 6.54 Å². The molecular weight excluding hydrogens is 310 g/mol. The zero-order chi connectivity index (χ0) is 16.2. The van der Waals surface area contributed by atoms with Gasteiger partial charge in [0.25, 0.3) is 5.91 Å². The Morgan fingerprint density at radius 2 is 1.78 bits per heavy atom. The van der Waals surface area contributed by atoms with Crippen molar-refractivity contribution in [1.82, 2.24) is 4.90 Å². The molecule has 4 heteroatoms. The van der Waals surface area contributed by atoms with Crippen LogP contribution >= 0.6 is 11.6 Å². The zero-order valence-electron chi connectivity index (χ0n) is 12.5. The van der Waals surface area contributed by atoms with Gasteiger partial charge in [-0.3, -0.25) is 14.5 Å². The predicted octanol–water partition coefficient (Wildman–Crippen LogP) is 3.90. The van der Waals surface area contributed by atoms with E-state index in [0.29, 0.717) is 18.0 Å². The third kappa shape index (κ3) is 3.69. The molecular formula is C19H16ClNO2. The number of benzene rings is 2. The molecule has 0 bridgehead atoms. The molecule has 2 amide bonds. The summed E-state index contributed by atoms with van der Waals surface area (Å²) in [7, 11) is 0. The first kappa shape index (κ1) is 15.5. The summed E-state index contributed by atoms with van der Waals surface area (Å²) in [5, 5.41) is 0.664. The molecule has 23 heavy (non-hydrogen) atoms. The normalized spacial score (nSPS) is 17.9. The van der Waals surface area contributed by atoms with Crippen molar-refractivity contribution in [2.24, 2.45) is 0 Å². The Bertz CT molecular complexity index is 738. The molecule has 1 aliphatic heterocycles. The van der Waals surface area contributed by atoms with E-state index >= 15 is 0 Å². The van der Waals surface area contributed by atoms with Crippen LogP contribution in [0.1, 0.15) is 23.5 Å². The maximum Gasteiger partial charge on any atom is 0.253 e. The van der Waals surface area contributed by atoms with Crippen molar-refractivity contribution in [3.8, 4) is 0 Å².